The second kappa shape index (κ2) is 7.60. The van der Waals surface area contributed by atoms with Crippen LogP contribution in [-0.4, -0.2) is 30.8 Å². The first-order chi connectivity index (χ1) is 12.7. The molecule has 2 unspecified atom stereocenters. The normalized spacial score (nSPS) is 24.0. The second-order valence-corrected chi connectivity index (χ2v) is 7.96. The van der Waals surface area contributed by atoms with Gasteiger partial charge in [0.2, 0.25) is 5.91 Å². The SMILES string of the molecule is CC1(C)Cc2cccc(OCCNC(=O)C3CCCCC3C(F)(F)F)c2O1. The fourth-order valence-corrected chi connectivity index (χ4v) is 4.00. The third-order valence-electron chi connectivity index (χ3n) is 5.24. The average Bonchev–Trinajstić information content (AvgIpc) is 2.92. The Kier molecular flexibility index (Phi) is 5.58. The molecule has 0 saturated heterocycles. The van der Waals surface area contributed by atoms with Crippen LogP contribution in [0.1, 0.15) is 45.1 Å². The Balaban J connectivity index is 1.51. The fraction of sp³-hybridized carbons (Fsp3) is 0.650. The molecule has 150 valence electrons. The van der Waals surface area contributed by atoms with E-state index in [4.69, 9.17) is 9.47 Å². The first kappa shape index (κ1) is 19.8. The Morgan fingerprint density at radius 2 is 2.04 bits per heavy atom. The van der Waals surface area contributed by atoms with Crippen LogP contribution in [0.3, 0.4) is 0 Å². The largest absolute Gasteiger partial charge is 0.488 e. The lowest BCUT2D eigenvalue weighted by molar-refractivity contribution is -0.198. The van der Waals surface area contributed by atoms with Crippen molar-refractivity contribution < 1.29 is 27.4 Å². The molecule has 1 amide bonds. The molecular weight excluding hydrogens is 359 g/mol. The third kappa shape index (κ3) is 4.68. The van der Waals surface area contributed by atoms with E-state index in [1.54, 1.807) is 6.07 Å². The van der Waals surface area contributed by atoms with Gasteiger partial charge in [0.25, 0.3) is 0 Å². The average molecular weight is 385 g/mol. The lowest BCUT2D eigenvalue weighted by Gasteiger charge is -2.31. The minimum atomic E-state index is -4.33. The van der Waals surface area contributed by atoms with E-state index in [9.17, 15) is 18.0 Å². The minimum Gasteiger partial charge on any atom is -0.488 e. The fourth-order valence-electron chi connectivity index (χ4n) is 4.00. The number of fused-ring (bicyclic) bond motifs is 1. The lowest BCUT2D eigenvalue weighted by Crippen LogP contribution is -2.43. The number of amides is 1. The number of alkyl halides is 3. The third-order valence-corrected chi connectivity index (χ3v) is 5.24. The molecule has 4 nitrogen and oxygen atoms in total. The molecule has 1 aromatic rings. The highest BCUT2D eigenvalue weighted by atomic mass is 19.4. The molecule has 1 aliphatic carbocycles. The van der Waals surface area contributed by atoms with Gasteiger partial charge in [0.15, 0.2) is 11.5 Å². The van der Waals surface area contributed by atoms with Crippen molar-refractivity contribution in [1.82, 2.24) is 5.32 Å². The molecule has 1 aromatic carbocycles. The van der Waals surface area contributed by atoms with Crippen LogP contribution in [-0.2, 0) is 11.2 Å². The van der Waals surface area contributed by atoms with Gasteiger partial charge in [0.1, 0.15) is 12.2 Å². The standard InChI is InChI=1S/C20H26F3NO3/c1-19(2)12-13-6-5-9-16(17(13)27-19)26-11-10-24-18(25)14-7-3-4-8-15(14)20(21,22)23/h5-6,9,14-15H,3-4,7-8,10-12H2,1-2H3,(H,24,25). The van der Waals surface area contributed by atoms with Crippen LogP contribution < -0.4 is 14.8 Å². The van der Waals surface area contributed by atoms with E-state index in [2.05, 4.69) is 5.32 Å². The van der Waals surface area contributed by atoms with Gasteiger partial charge in [0.05, 0.1) is 12.5 Å². The molecule has 0 spiro atoms. The molecule has 27 heavy (non-hydrogen) atoms. The van der Waals surface area contributed by atoms with Crippen LogP contribution in [0.25, 0.3) is 0 Å². The summed E-state index contributed by atoms with van der Waals surface area (Å²) >= 11 is 0. The summed E-state index contributed by atoms with van der Waals surface area (Å²) in [5.41, 5.74) is 0.778. The van der Waals surface area contributed by atoms with Crippen LogP contribution in [0, 0.1) is 11.8 Å². The summed E-state index contributed by atoms with van der Waals surface area (Å²) < 4.78 is 51.0. The Bertz CT molecular complexity index is 688. The Morgan fingerprint density at radius 1 is 1.30 bits per heavy atom. The van der Waals surface area contributed by atoms with Gasteiger partial charge in [0, 0.05) is 17.9 Å². The van der Waals surface area contributed by atoms with Gasteiger partial charge >= 0.3 is 6.18 Å². The van der Waals surface area contributed by atoms with E-state index in [1.165, 1.54) is 0 Å². The Hall–Kier alpha value is -1.92. The van der Waals surface area contributed by atoms with E-state index in [1.807, 2.05) is 26.0 Å². The molecule has 3 rings (SSSR count). The van der Waals surface area contributed by atoms with Crippen molar-refractivity contribution in [3.05, 3.63) is 23.8 Å². The summed E-state index contributed by atoms with van der Waals surface area (Å²) in [5, 5.41) is 2.60. The number of rotatable bonds is 5. The number of hydrogen-bond donors (Lipinski definition) is 1. The van der Waals surface area contributed by atoms with Crippen molar-refractivity contribution in [3.63, 3.8) is 0 Å². The molecule has 0 radical (unpaired) electrons. The van der Waals surface area contributed by atoms with Crippen LogP contribution >= 0.6 is 0 Å². The molecule has 1 saturated carbocycles. The highest BCUT2D eigenvalue weighted by molar-refractivity contribution is 5.79. The summed E-state index contributed by atoms with van der Waals surface area (Å²) in [5.74, 6) is -1.77. The van der Waals surface area contributed by atoms with Gasteiger partial charge in [-0.25, -0.2) is 0 Å². The molecule has 1 aliphatic heterocycles. The number of hydrogen-bond acceptors (Lipinski definition) is 3. The van der Waals surface area contributed by atoms with Crippen LogP contribution in [0.2, 0.25) is 0 Å². The topological polar surface area (TPSA) is 47.6 Å². The van der Waals surface area contributed by atoms with E-state index in [0.717, 1.165) is 12.0 Å². The van der Waals surface area contributed by atoms with Crippen molar-refractivity contribution in [1.29, 1.82) is 0 Å². The maximum absolute atomic E-state index is 13.1. The van der Waals surface area contributed by atoms with Crippen molar-refractivity contribution in [2.45, 2.75) is 57.7 Å². The van der Waals surface area contributed by atoms with Gasteiger partial charge in [-0.15, -0.1) is 0 Å². The van der Waals surface area contributed by atoms with Crippen molar-refractivity contribution >= 4 is 5.91 Å². The molecule has 2 aliphatic rings. The Labute approximate surface area is 157 Å². The highest BCUT2D eigenvalue weighted by Gasteiger charge is 2.47. The zero-order valence-corrected chi connectivity index (χ0v) is 15.7. The minimum absolute atomic E-state index is 0.0291. The van der Waals surface area contributed by atoms with Crippen molar-refractivity contribution in [2.75, 3.05) is 13.2 Å². The first-order valence-electron chi connectivity index (χ1n) is 9.45. The van der Waals surface area contributed by atoms with Crippen LogP contribution in [0.5, 0.6) is 11.5 Å². The van der Waals surface area contributed by atoms with Crippen LogP contribution in [0.4, 0.5) is 13.2 Å². The zero-order valence-electron chi connectivity index (χ0n) is 15.7. The molecule has 2 atom stereocenters. The number of carbonyl (C=O) groups excluding carboxylic acids is 1. The smallest absolute Gasteiger partial charge is 0.392 e. The maximum atomic E-state index is 13.1. The van der Waals surface area contributed by atoms with Gasteiger partial charge in [-0.1, -0.05) is 25.0 Å². The molecule has 1 heterocycles. The van der Waals surface area contributed by atoms with Crippen LogP contribution in [0.15, 0.2) is 18.2 Å². The van der Waals surface area contributed by atoms with E-state index < -0.39 is 23.9 Å². The summed E-state index contributed by atoms with van der Waals surface area (Å²) in [6.07, 6.45) is -2.05. The van der Waals surface area contributed by atoms with Gasteiger partial charge in [-0.2, -0.15) is 13.2 Å². The zero-order chi connectivity index (χ0) is 19.7. The summed E-state index contributed by atoms with van der Waals surface area (Å²) in [4.78, 5) is 12.2. The summed E-state index contributed by atoms with van der Waals surface area (Å²) in [6.45, 7) is 4.33. The number of para-hydroxylation sites is 1. The predicted molar refractivity (Wildman–Crippen MR) is 94.9 cm³/mol. The molecule has 1 fully saturated rings. The van der Waals surface area contributed by atoms with E-state index >= 15 is 0 Å². The number of carbonyl (C=O) groups is 1. The molecule has 0 bridgehead atoms. The van der Waals surface area contributed by atoms with Crippen molar-refractivity contribution in [3.8, 4) is 11.5 Å². The number of benzene rings is 1. The Morgan fingerprint density at radius 3 is 2.78 bits per heavy atom. The molecule has 1 N–H and O–H groups in total. The monoisotopic (exact) mass is 385 g/mol. The van der Waals surface area contributed by atoms with E-state index in [-0.39, 0.29) is 31.6 Å². The quantitative estimate of drug-likeness (QED) is 0.771. The molecule has 7 heteroatoms. The van der Waals surface area contributed by atoms with E-state index in [0.29, 0.717) is 24.3 Å². The molecule has 0 aromatic heterocycles. The lowest BCUT2D eigenvalue weighted by atomic mass is 9.78. The number of ether oxygens (including phenoxy) is 2. The van der Waals surface area contributed by atoms with Gasteiger partial charge in [-0.05, 0) is 32.8 Å². The van der Waals surface area contributed by atoms with Gasteiger partial charge in [-0.3, -0.25) is 4.79 Å². The maximum Gasteiger partial charge on any atom is 0.392 e. The molecular formula is C20H26F3NO3. The summed E-state index contributed by atoms with van der Waals surface area (Å²) in [7, 11) is 0. The van der Waals surface area contributed by atoms with Crippen molar-refractivity contribution in [2.24, 2.45) is 11.8 Å². The first-order valence-corrected chi connectivity index (χ1v) is 9.45. The predicted octanol–water partition coefficient (Wildman–Crippen LogP) is 4.26. The van der Waals surface area contributed by atoms with Gasteiger partial charge < -0.3 is 14.8 Å². The number of nitrogens with one attached hydrogen (secondary N) is 1. The number of halogens is 3. The summed E-state index contributed by atoms with van der Waals surface area (Å²) in [6, 6.07) is 5.66. The second-order valence-electron chi connectivity index (χ2n) is 7.96. The highest BCUT2D eigenvalue weighted by Crippen LogP contribution is 2.42.